The predicted octanol–water partition coefficient (Wildman–Crippen LogP) is 4.66. The summed E-state index contributed by atoms with van der Waals surface area (Å²) in [5.41, 5.74) is 1.84. The molecule has 0 fully saturated rings. The van der Waals surface area contributed by atoms with E-state index in [2.05, 4.69) is 26.1 Å². The molecule has 29 heavy (non-hydrogen) atoms. The van der Waals surface area contributed by atoms with Crippen LogP contribution < -0.4 is 4.74 Å². The fourth-order valence-corrected chi connectivity index (χ4v) is 4.07. The van der Waals surface area contributed by atoms with E-state index in [1.54, 1.807) is 19.0 Å². The highest BCUT2D eigenvalue weighted by Crippen LogP contribution is 2.31. The molecule has 0 N–H and O–H groups in total. The van der Waals surface area contributed by atoms with Crippen LogP contribution in [0.4, 0.5) is 0 Å². The van der Waals surface area contributed by atoms with Crippen LogP contribution >= 0.6 is 27.7 Å². The van der Waals surface area contributed by atoms with Gasteiger partial charge in [-0.1, -0.05) is 39.8 Å². The Morgan fingerprint density at radius 2 is 1.79 bits per heavy atom. The van der Waals surface area contributed by atoms with Gasteiger partial charge in [-0.25, -0.2) is 0 Å². The molecule has 0 aliphatic rings. The third-order valence-corrected chi connectivity index (χ3v) is 5.77. The average Bonchev–Trinajstić information content (AvgIpc) is 3.12. The van der Waals surface area contributed by atoms with Crippen LogP contribution in [0.1, 0.15) is 13.8 Å². The van der Waals surface area contributed by atoms with E-state index in [0.29, 0.717) is 17.6 Å². The Balaban J connectivity index is 2.04. The zero-order valence-electron chi connectivity index (χ0n) is 16.8. The molecule has 1 unspecified atom stereocenters. The van der Waals surface area contributed by atoms with Gasteiger partial charge in [-0.05, 0) is 50.2 Å². The zero-order chi connectivity index (χ0) is 21.0. The van der Waals surface area contributed by atoms with E-state index in [4.69, 9.17) is 4.74 Å². The van der Waals surface area contributed by atoms with Gasteiger partial charge < -0.3 is 9.64 Å². The Morgan fingerprint density at radius 1 is 1.14 bits per heavy atom. The second kappa shape index (κ2) is 9.45. The minimum atomic E-state index is -0.284. The lowest BCUT2D eigenvalue weighted by atomic mass is 10.2. The van der Waals surface area contributed by atoms with Crippen molar-refractivity contribution in [3.63, 3.8) is 0 Å². The topological polar surface area (TPSA) is 60.2 Å². The van der Waals surface area contributed by atoms with Gasteiger partial charge in [0.2, 0.25) is 5.91 Å². The Morgan fingerprint density at radius 3 is 2.38 bits per heavy atom. The van der Waals surface area contributed by atoms with E-state index in [1.165, 1.54) is 11.8 Å². The van der Waals surface area contributed by atoms with Gasteiger partial charge in [-0.15, -0.1) is 10.2 Å². The first kappa shape index (κ1) is 21.4. The van der Waals surface area contributed by atoms with Crippen molar-refractivity contribution in [2.45, 2.75) is 24.3 Å². The van der Waals surface area contributed by atoms with E-state index in [0.717, 1.165) is 21.5 Å². The Labute approximate surface area is 183 Å². The summed E-state index contributed by atoms with van der Waals surface area (Å²) in [6.07, 6.45) is 0. The lowest BCUT2D eigenvalue weighted by Crippen LogP contribution is -2.29. The van der Waals surface area contributed by atoms with Crippen molar-refractivity contribution in [2.24, 2.45) is 0 Å². The molecule has 0 aliphatic heterocycles. The largest absolute Gasteiger partial charge is 0.494 e. The molecule has 0 saturated carbocycles. The molecule has 2 aromatic carbocycles. The number of nitrogens with zero attached hydrogens (tertiary/aromatic N) is 4. The Hall–Kier alpha value is -2.32. The lowest BCUT2D eigenvalue weighted by molar-refractivity contribution is -0.127. The lowest BCUT2D eigenvalue weighted by Gasteiger charge is -2.17. The van der Waals surface area contributed by atoms with E-state index >= 15 is 0 Å². The number of hydrogen-bond acceptors (Lipinski definition) is 5. The van der Waals surface area contributed by atoms with Crippen molar-refractivity contribution in [3.05, 3.63) is 53.0 Å². The van der Waals surface area contributed by atoms with Gasteiger partial charge in [-0.2, -0.15) is 0 Å². The summed E-state index contributed by atoms with van der Waals surface area (Å²) in [4.78, 5) is 13.9. The summed E-state index contributed by atoms with van der Waals surface area (Å²) in [6.45, 7) is 4.45. The van der Waals surface area contributed by atoms with E-state index in [1.807, 2.05) is 66.9 Å². The highest BCUT2D eigenvalue weighted by atomic mass is 79.9. The molecule has 3 rings (SSSR count). The average molecular weight is 475 g/mol. The Bertz CT molecular complexity index is 971. The summed E-state index contributed by atoms with van der Waals surface area (Å²) >= 11 is 4.86. The third-order valence-electron chi connectivity index (χ3n) is 4.21. The number of ether oxygens (including phenoxy) is 1. The minimum Gasteiger partial charge on any atom is -0.494 e. The van der Waals surface area contributed by atoms with Gasteiger partial charge in [0.25, 0.3) is 0 Å². The van der Waals surface area contributed by atoms with Crippen LogP contribution in [0.2, 0.25) is 0 Å². The van der Waals surface area contributed by atoms with Crippen molar-refractivity contribution >= 4 is 33.6 Å². The Kier molecular flexibility index (Phi) is 6.97. The van der Waals surface area contributed by atoms with Crippen LogP contribution in [0, 0.1) is 0 Å². The zero-order valence-corrected chi connectivity index (χ0v) is 19.2. The number of thioether (sulfide) groups is 1. The summed E-state index contributed by atoms with van der Waals surface area (Å²) in [5, 5.41) is 9.20. The molecule has 152 valence electrons. The first-order valence-electron chi connectivity index (χ1n) is 9.23. The number of carbonyl (C=O) groups excluding carboxylic acids is 1. The molecule has 6 nitrogen and oxygen atoms in total. The number of rotatable bonds is 7. The number of benzene rings is 2. The van der Waals surface area contributed by atoms with Gasteiger partial charge in [-0.3, -0.25) is 9.36 Å². The molecule has 0 saturated heterocycles. The molecule has 3 aromatic rings. The predicted molar refractivity (Wildman–Crippen MR) is 120 cm³/mol. The van der Waals surface area contributed by atoms with Crippen LogP contribution in [0.25, 0.3) is 17.1 Å². The summed E-state index contributed by atoms with van der Waals surface area (Å²) in [6, 6.07) is 15.7. The number of amides is 1. The molecule has 0 aliphatic carbocycles. The normalized spacial score (nSPS) is 11.9. The van der Waals surface area contributed by atoms with Crippen LogP contribution in [0.3, 0.4) is 0 Å². The van der Waals surface area contributed by atoms with Crippen LogP contribution in [0.5, 0.6) is 5.75 Å². The highest BCUT2D eigenvalue weighted by molar-refractivity contribution is 9.10. The van der Waals surface area contributed by atoms with Crippen LogP contribution in [-0.4, -0.2) is 51.5 Å². The molecule has 1 heterocycles. The van der Waals surface area contributed by atoms with Gasteiger partial charge in [0, 0.05) is 29.8 Å². The number of aromatic nitrogens is 3. The highest BCUT2D eigenvalue weighted by Gasteiger charge is 2.22. The molecule has 0 bridgehead atoms. The van der Waals surface area contributed by atoms with Crippen molar-refractivity contribution in [1.82, 2.24) is 19.7 Å². The summed E-state index contributed by atoms with van der Waals surface area (Å²) in [7, 11) is 3.51. The first-order valence-corrected chi connectivity index (χ1v) is 10.9. The minimum absolute atomic E-state index is 0.0291. The smallest absolute Gasteiger partial charge is 0.235 e. The van der Waals surface area contributed by atoms with Gasteiger partial charge in [0.15, 0.2) is 11.0 Å². The van der Waals surface area contributed by atoms with E-state index in [-0.39, 0.29) is 11.2 Å². The number of halogens is 1. The SMILES string of the molecule is CCOc1ccc(-n2c(SC(C)C(=O)N(C)C)nnc2-c2ccc(Br)cc2)cc1. The summed E-state index contributed by atoms with van der Waals surface area (Å²) in [5.74, 6) is 1.55. The van der Waals surface area contributed by atoms with Crippen LogP contribution in [0.15, 0.2) is 58.2 Å². The van der Waals surface area contributed by atoms with Crippen molar-refractivity contribution in [2.75, 3.05) is 20.7 Å². The molecule has 8 heteroatoms. The standard InChI is InChI=1S/C21H23BrN4O2S/c1-5-28-18-12-10-17(11-13-18)26-19(15-6-8-16(22)9-7-15)23-24-21(26)29-14(2)20(27)25(3)4/h6-14H,5H2,1-4H3. The molecular weight excluding hydrogens is 452 g/mol. The molecule has 0 spiro atoms. The fourth-order valence-electron chi connectivity index (χ4n) is 2.80. The van der Waals surface area contributed by atoms with Gasteiger partial charge >= 0.3 is 0 Å². The maximum atomic E-state index is 12.4. The first-order chi connectivity index (χ1) is 13.9. The van der Waals surface area contributed by atoms with Crippen molar-refractivity contribution < 1.29 is 9.53 Å². The van der Waals surface area contributed by atoms with E-state index in [9.17, 15) is 4.79 Å². The molecule has 1 aromatic heterocycles. The second-order valence-electron chi connectivity index (χ2n) is 6.57. The summed E-state index contributed by atoms with van der Waals surface area (Å²) < 4.78 is 8.53. The maximum absolute atomic E-state index is 12.4. The van der Waals surface area contributed by atoms with Crippen molar-refractivity contribution in [1.29, 1.82) is 0 Å². The fraction of sp³-hybridized carbons (Fsp3) is 0.286. The number of carbonyl (C=O) groups is 1. The van der Waals surface area contributed by atoms with Crippen LogP contribution in [-0.2, 0) is 4.79 Å². The maximum Gasteiger partial charge on any atom is 0.235 e. The number of hydrogen-bond donors (Lipinski definition) is 0. The molecule has 1 atom stereocenters. The van der Waals surface area contributed by atoms with Crippen molar-refractivity contribution in [3.8, 4) is 22.8 Å². The molecule has 0 radical (unpaired) electrons. The van der Waals surface area contributed by atoms with E-state index < -0.39 is 0 Å². The van der Waals surface area contributed by atoms with Gasteiger partial charge in [0.05, 0.1) is 11.9 Å². The monoisotopic (exact) mass is 474 g/mol. The quantitative estimate of drug-likeness (QED) is 0.465. The molecular formula is C21H23BrN4O2S. The third kappa shape index (κ3) is 5.00. The van der Waals surface area contributed by atoms with Gasteiger partial charge in [0.1, 0.15) is 5.75 Å². The molecule has 1 amide bonds. The second-order valence-corrected chi connectivity index (χ2v) is 8.79.